The number of rotatable bonds is 9. The molecule has 0 amide bonds. The van der Waals surface area contributed by atoms with Crippen LogP contribution in [-0.4, -0.2) is 61.2 Å². The molecule has 0 saturated carbocycles. The number of hydrogen-bond donors (Lipinski definition) is 1. The first-order chi connectivity index (χ1) is 9.02. The largest absolute Gasteiger partial charge is 0.315 e. The third kappa shape index (κ3) is 4.79. The minimum Gasteiger partial charge on any atom is -0.315 e. The second kappa shape index (κ2) is 7.88. The Balaban J connectivity index is 2.68. The first kappa shape index (κ1) is 16.5. The van der Waals surface area contributed by atoms with E-state index in [9.17, 15) is 8.42 Å². The quantitative estimate of drug-likeness (QED) is 0.672. The van der Waals surface area contributed by atoms with Crippen molar-refractivity contribution in [3.05, 3.63) is 12.4 Å². The lowest BCUT2D eigenvalue weighted by Crippen LogP contribution is -2.28. The Hall–Kier alpha value is -0.570. The Labute approximate surface area is 119 Å². The number of hydrogen-bond acceptors (Lipinski definition) is 5. The molecule has 1 N–H and O–H groups in total. The van der Waals surface area contributed by atoms with Gasteiger partial charge in [0.1, 0.15) is 4.90 Å². The highest BCUT2D eigenvalue weighted by molar-refractivity contribution is 7.98. The van der Waals surface area contributed by atoms with Gasteiger partial charge in [0.15, 0.2) is 0 Å². The van der Waals surface area contributed by atoms with Crippen LogP contribution in [0, 0.1) is 0 Å². The van der Waals surface area contributed by atoms with Gasteiger partial charge in [0.2, 0.25) is 10.0 Å². The lowest BCUT2D eigenvalue weighted by atomic mass is 10.6. The fourth-order valence-electron chi connectivity index (χ4n) is 1.49. The highest BCUT2D eigenvalue weighted by Crippen LogP contribution is 2.13. The summed E-state index contributed by atoms with van der Waals surface area (Å²) < 4.78 is 27.5. The monoisotopic (exact) mass is 306 g/mol. The molecule has 0 unspecified atom stereocenters. The third-order valence-electron chi connectivity index (χ3n) is 2.70. The number of likely N-dealkylation sites (N-methyl/N-ethyl adjacent to an activating group) is 1. The Morgan fingerprint density at radius 1 is 1.53 bits per heavy atom. The van der Waals surface area contributed by atoms with Crippen molar-refractivity contribution in [2.45, 2.75) is 18.4 Å². The van der Waals surface area contributed by atoms with Gasteiger partial charge < -0.3 is 5.32 Å². The van der Waals surface area contributed by atoms with Gasteiger partial charge in [-0.1, -0.05) is 6.92 Å². The van der Waals surface area contributed by atoms with Crippen molar-refractivity contribution in [1.82, 2.24) is 19.4 Å². The van der Waals surface area contributed by atoms with Crippen molar-refractivity contribution in [2.75, 3.05) is 38.7 Å². The zero-order valence-corrected chi connectivity index (χ0v) is 13.3. The number of nitrogens with one attached hydrogen (secondary N) is 1. The van der Waals surface area contributed by atoms with Gasteiger partial charge in [0.25, 0.3) is 0 Å². The van der Waals surface area contributed by atoms with E-state index in [0.717, 1.165) is 18.8 Å². The third-order valence-corrected chi connectivity index (χ3v) is 5.10. The van der Waals surface area contributed by atoms with E-state index in [1.165, 1.54) is 10.5 Å². The lowest BCUT2D eigenvalue weighted by molar-refractivity contribution is 0.488. The Kier molecular flexibility index (Phi) is 6.84. The minimum atomic E-state index is -3.40. The summed E-state index contributed by atoms with van der Waals surface area (Å²) >= 11 is 1.62. The summed E-state index contributed by atoms with van der Waals surface area (Å²) in [7, 11) is -1.81. The number of nitrogens with zero attached hydrogens (tertiary/aromatic N) is 3. The molecule has 0 aromatic carbocycles. The molecule has 0 saturated heterocycles. The van der Waals surface area contributed by atoms with E-state index in [2.05, 4.69) is 10.4 Å². The summed E-state index contributed by atoms with van der Waals surface area (Å²) in [6.07, 6.45) is 4.96. The maximum absolute atomic E-state index is 12.2. The summed E-state index contributed by atoms with van der Waals surface area (Å²) in [5.74, 6) is 0.782. The molecule has 1 aromatic heterocycles. The second-order valence-corrected chi connectivity index (χ2v) is 7.14. The molecule has 0 aliphatic rings. The van der Waals surface area contributed by atoms with Crippen LogP contribution >= 0.6 is 11.8 Å². The number of aromatic nitrogens is 2. The highest BCUT2D eigenvalue weighted by Gasteiger charge is 2.21. The zero-order chi connectivity index (χ0) is 14.3. The fourth-order valence-corrected chi connectivity index (χ4v) is 3.19. The van der Waals surface area contributed by atoms with Gasteiger partial charge in [0.05, 0.1) is 12.7 Å². The topological polar surface area (TPSA) is 67.2 Å². The SMILES string of the molecule is CCNCCn1cc(S(=O)(=O)N(C)CCSC)cn1. The van der Waals surface area contributed by atoms with Gasteiger partial charge in [-0.3, -0.25) is 4.68 Å². The van der Waals surface area contributed by atoms with Crippen LogP contribution in [0.2, 0.25) is 0 Å². The summed E-state index contributed by atoms with van der Waals surface area (Å²) in [5.41, 5.74) is 0. The van der Waals surface area contributed by atoms with Crippen LogP contribution in [0.15, 0.2) is 17.3 Å². The van der Waals surface area contributed by atoms with Crippen LogP contribution in [0.1, 0.15) is 6.92 Å². The first-order valence-electron chi connectivity index (χ1n) is 6.20. The van der Waals surface area contributed by atoms with Crippen molar-refractivity contribution in [1.29, 1.82) is 0 Å². The average molecular weight is 306 g/mol. The summed E-state index contributed by atoms with van der Waals surface area (Å²) in [5, 5.41) is 7.25. The number of sulfonamides is 1. The molecular formula is C11H22N4O2S2. The van der Waals surface area contributed by atoms with Crippen LogP contribution in [0.3, 0.4) is 0 Å². The normalized spacial score (nSPS) is 12.2. The van der Waals surface area contributed by atoms with Gasteiger partial charge in [0, 0.05) is 32.1 Å². The summed E-state index contributed by atoms with van der Waals surface area (Å²) in [6.45, 7) is 4.87. The molecule has 1 aromatic rings. The number of thioether (sulfide) groups is 1. The molecule has 0 aliphatic carbocycles. The molecule has 0 atom stereocenters. The van der Waals surface area contributed by atoms with Crippen LogP contribution in [-0.2, 0) is 16.6 Å². The predicted octanol–water partition coefficient (Wildman–Crippen LogP) is 0.476. The molecule has 110 valence electrons. The molecule has 0 bridgehead atoms. The van der Waals surface area contributed by atoms with E-state index in [-0.39, 0.29) is 4.90 Å². The lowest BCUT2D eigenvalue weighted by Gasteiger charge is -2.14. The minimum absolute atomic E-state index is 0.257. The summed E-state index contributed by atoms with van der Waals surface area (Å²) in [6, 6.07) is 0. The standard InChI is InChI=1S/C11H22N4O2S2/c1-4-12-5-6-15-10-11(9-13-15)19(16,17)14(2)7-8-18-3/h9-10,12H,4-8H2,1-3H3. The Morgan fingerprint density at radius 2 is 2.26 bits per heavy atom. The maximum Gasteiger partial charge on any atom is 0.245 e. The van der Waals surface area contributed by atoms with E-state index in [0.29, 0.717) is 13.1 Å². The molecule has 0 fully saturated rings. The van der Waals surface area contributed by atoms with Gasteiger partial charge >= 0.3 is 0 Å². The first-order valence-corrected chi connectivity index (χ1v) is 9.04. The fraction of sp³-hybridized carbons (Fsp3) is 0.727. The van der Waals surface area contributed by atoms with Crippen LogP contribution in [0.5, 0.6) is 0 Å². The van der Waals surface area contributed by atoms with E-state index in [4.69, 9.17) is 0 Å². The van der Waals surface area contributed by atoms with Crippen molar-refractivity contribution in [3.63, 3.8) is 0 Å². The highest BCUT2D eigenvalue weighted by atomic mass is 32.2. The molecule has 0 radical (unpaired) electrons. The van der Waals surface area contributed by atoms with E-state index in [1.807, 2.05) is 13.2 Å². The van der Waals surface area contributed by atoms with Crippen LogP contribution < -0.4 is 5.32 Å². The van der Waals surface area contributed by atoms with Gasteiger partial charge in [-0.15, -0.1) is 0 Å². The molecule has 8 heteroatoms. The molecule has 0 aliphatic heterocycles. The molecule has 6 nitrogen and oxygen atoms in total. The maximum atomic E-state index is 12.2. The van der Waals surface area contributed by atoms with Crippen molar-refractivity contribution in [2.24, 2.45) is 0 Å². The van der Waals surface area contributed by atoms with Crippen molar-refractivity contribution >= 4 is 21.8 Å². The molecule has 1 rings (SSSR count). The van der Waals surface area contributed by atoms with Crippen molar-refractivity contribution in [3.8, 4) is 0 Å². The average Bonchev–Trinajstić information content (AvgIpc) is 2.85. The Morgan fingerprint density at radius 3 is 2.89 bits per heavy atom. The van der Waals surface area contributed by atoms with Gasteiger partial charge in [-0.05, 0) is 12.8 Å². The molecule has 0 spiro atoms. The van der Waals surface area contributed by atoms with E-state index < -0.39 is 10.0 Å². The van der Waals surface area contributed by atoms with Gasteiger partial charge in [-0.25, -0.2) is 12.7 Å². The summed E-state index contributed by atoms with van der Waals surface area (Å²) in [4.78, 5) is 0.257. The molecular weight excluding hydrogens is 284 g/mol. The van der Waals surface area contributed by atoms with Crippen LogP contribution in [0.4, 0.5) is 0 Å². The van der Waals surface area contributed by atoms with E-state index >= 15 is 0 Å². The van der Waals surface area contributed by atoms with Crippen molar-refractivity contribution < 1.29 is 8.42 Å². The van der Waals surface area contributed by atoms with E-state index in [1.54, 1.807) is 29.7 Å². The zero-order valence-electron chi connectivity index (χ0n) is 11.7. The molecule has 1 heterocycles. The van der Waals surface area contributed by atoms with Gasteiger partial charge in [-0.2, -0.15) is 16.9 Å². The smallest absolute Gasteiger partial charge is 0.245 e. The van der Waals surface area contributed by atoms with Crippen LogP contribution in [0.25, 0.3) is 0 Å². The Bertz CT molecular complexity index is 473. The second-order valence-electron chi connectivity index (χ2n) is 4.11. The predicted molar refractivity (Wildman–Crippen MR) is 79.0 cm³/mol. The molecule has 19 heavy (non-hydrogen) atoms.